The molecule has 4 nitrogen and oxygen atoms in total. The second-order valence-corrected chi connectivity index (χ2v) is 7.68. The molecule has 2 saturated heterocycles. The number of nitrogens with one attached hydrogen (secondary N) is 2. The molecule has 0 saturated carbocycles. The van der Waals surface area contributed by atoms with Crippen LogP contribution in [-0.4, -0.2) is 28.1 Å². The summed E-state index contributed by atoms with van der Waals surface area (Å²) in [5.41, 5.74) is 2.29. The van der Waals surface area contributed by atoms with E-state index >= 15 is 0 Å². The van der Waals surface area contributed by atoms with Crippen molar-refractivity contribution in [2.24, 2.45) is 0 Å². The Morgan fingerprint density at radius 3 is 2.68 bits per heavy atom. The standard InChI is InChI=1S/C20H25N3OS/c1-14-4-2-5-15(10-14)21-20(25)22-16-11-17-7-8-18(12-16)23(17)13-19-6-3-9-24-19/h2-6,9-10,16-18H,7-8,11-13H2,1H3,(H2,21,22,25)/t17-,18-/m0/s1. The number of benzene rings is 1. The van der Waals surface area contributed by atoms with E-state index in [1.165, 1.54) is 18.4 Å². The van der Waals surface area contributed by atoms with Gasteiger partial charge in [0.25, 0.3) is 0 Å². The number of hydrogen-bond donors (Lipinski definition) is 2. The van der Waals surface area contributed by atoms with E-state index in [1.807, 2.05) is 12.1 Å². The van der Waals surface area contributed by atoms with Gasteiger partial charge in [-0.1, -0.05) is 12.1 Å². The molecule has 3 heterocycles. The number of fused-ring (bicyclic) bond motifs is 2. The summed E-state index contributed by atoms with van der Waals surface area (Å²) in [5, 5.41) is 7.59. The Kier molecular flexibility index (Phi) is 4.77. The van der Waals surface area contributed by atoms with Crippen molar-refractivity contribution < 1.29 is 4.42 Å². The molecule has 2 atom stereocenters. The van der Waals surface area contributed by atoms with E-state index in [9.17, 15) is 0 Å². The minimum Gasteiger partial charge on any atom is -0.468 e. The smallest absolute Gasteiger partial charge is 0.170 e. The van der Waals surface area contributed by atoms with Crippen LogP contribution in [-0.2, 0) is 6.54 Å². The van der Waals surface area contributed by atoms with Crippen LogP contribution in [0.25, 0.3) is 0 Å². The minimum absolute atomic E-state index is 0.454. The fourth-order valence-corrected chi connectivity index (χ4v) is 4.59. The summed E-state index contributed by atoms with van der Waals surface area (Å²) >= 11 is 5.53. The third kappa shape index (κ3) is 3.88. The maximum Gasteiger partial charge on any atom is 0.170 e. The van der Waals surface area contributed by atoms with Gasteiger partial charge in [0.1, 0.15) is 5.76 Å². The molecule has 0 aliphatic carbocycles. The van der Waals surface area contributed by atoms with E-state index in [0.717, 1.165) is 35.9 Å². The van der Waals surface area contributed by atoms with Crippen LogP contribution < -0.4 is 10.6 Å². The van der Waals surface area contributed by atoms with Crippen molar-refractivity contribution in [1.29, 1.82) is 0 Å². The molecule has 2 N–H and O–H groups in total. The van der Waals surface area contributed by atoms with Gasteiger partial charge >= 0.3 is 0 Å². The number of anilines is 1. The number of aryl methyl sites for hydroxylation is 1. The summed E-state index contributed by atoms with van der Waals surface area (Å²) in [7, 11) is 0. The SMILES string of the molecule is Cc1cccc(NC(=S)NC2C[C@@H]3CC[C@@H](C2)N3Cc2ccco2)c1. The van der Waals surface area contributed by atoms with Gasteiger partial charge in [0.05, 0.1) is 12.8 Å². The van der Waals surface area contributed by atoms with Crippen LogP contribution in [0, 0.1) is 6.92 Å². The van der Waals surface area contributed by atoms with Crippen LogP contribution in [0.15, 0.2) is 47.1 Å². The molecule has 1 aromatic carbocycles. The van der Waals surface area contributed by atoms with Gasteiger partial charge in [-0.2, -0.15) is 0 Å². The zero-order valence-electron chi connectivity index (χ0n) is 14.6. The average molecular weight is 356 g/mol. The zero-order chi connectivity index (χ0) is 17.2. The number of nitrogens with zero attached hydrogens (tertiary/aromatic N) is 1. The van der Waals surface area contributed by atoms with Crippen LogP contribution in [0.4, 0.5) is 5.69 Å². The summed E-state index contributed by atoms with van der Waals surface area (Å²) in [6.07, 6.45) is 6.61. The van der Waals surface area contributed by atoms with E-state index in [-0.39, 0.29) is 0 Å². The molecule has 132 valence electrons. The minimum atomic E-state index is 0.454. The lowest BCUT2D eigenvalue weighted by Gasteiger charge is -2.39. The molecule has 2 aliphatic rings. The highest BCUT2D eigenvalue weighted by atomic mass is 32.1. The van der Waals surface area contributed by atoms with Crippen molar-refractivity contribution in [3.63, 3.8) is 0 Å². The molecular formula is C20H25N3OS. The molecule has 0 spiro atoms. The summed E-state index contributed by atoms with van der Waals surface area (Å²) < 4.78 is 5.54. The first-order valence-electron chi connectivity index (χ1n) is 9.10. The lowest BCUT2D eigenvalue weighted by atomic mass is 9.97. The van der Waals surface area contributed by atoms with Crippen LogP contribution >= 0.6 is 12.2 Å². The van der Waals surface area contributed by atoms with Gasteiger partial charge in [0.15, 0.2) is 5.11 Å². The van der Waals surface area contributed by atoms with Crippen molar-refractivity contribution in [1.82, 2.24) is 10.2 Å². The van der Waals surface area contributed by atoms with Gasteiger partial charge in [0, 0.05) is 23.8 Å². The molecule has 0 unspecified atom stereocenters. The summed E-state index contributed by atoms with van der Waals surface area (Å²) in [6, 6.07) is 14.1. The van der Waals surface area contributed by atoms with E-state index in [4.69, 9.17) is 16.6 Å². The number of thiocarbonyl (C=S) groups is 1. The topological polar surface area (TPSA) is 40.4 Å². The molecule has 25 heavy (non-hydrogen) atoms. The average Bonchev–Trinajstić information content (AvgIpc) is 3.15. The monoisotopic (exact) mass is 355 g/mol. The predicted molar refractivity (Wildman–Crippen MR) is 105 cm³/mol. The van der Waals surface area contributed by atoms with Crippen molar-refractivity contribution in [3.8, 4) is 0 Å². The molecule has 4 rings (SSSR count). The van der Waals surface area contributed by atoms with E-state index < -0.39 is 0 Å². The normalized spacial score (nSPS) is 25.7. The largest absolute Gasteiger partial charge is 0.468 e. The fraction of sp³-hybridized carbons (Fsp3) is 0.450. The van der Waals surface area contributed by atoms with E-state index in [2.05, 4.69) is 46.7 Å². The number of piperidine rings is 1. The molecule has 2 bridgehead atoms. The number of rotatable bonds is 4. The second-order valence-electron chi connectivity index (χ2n) is 7.27. The molecule has 0 radical (unpaired) electrons. The van der Waals surface area contributed by atoms with Crippen LogP contribution in [0.2, 0.25) is 0 Å². The molecule has 2 fully saturated rings. The zero-order valence-corrected chi connectivity index (χ0v) is 15.4. The van der Waals surface area contributed by atoms with Gasteiger partial charge in [0.2, 0.25) is 0 Å². The summed E-state index contributed by atoms with van der Waals surface area (Å²) in [5.74, 6) is 1.07. The van der Waals surface area contributed by atoms with Gasteiger partial charge in [-0.05, 0) is 74.7 Å². The van der Waals surface area contributed by atoms with Crippen molar-refractivity contribution >= 4 is 23.0 Å². The third-order valence-corrected chi connectivity index (χ3v) is 5.63. The summed E-state index contributed by atoms with van der Waals surface area (Å²) in [4.78, 5) is 2.62. The van der Waals surface area contributed by atoms with Gasteiger partial charge in [-0.3, -0.25) is 4.90 Å². The number of furan rings is 1. The van der Waals surface area contributed by atoms with Gasteiger partial charge in [-0.15, -0.1) is 0 Å². The summed E-state index contributed by atoms with van der Waals surface area (Å²) in [6.45, 7) is 3.02. The first kappa shape index (κ1) is 16.6. The molecule has 0 amide bonds. The molecule has 5 heteroatoms. The van der Waals surface area contributed by atoms with E-state index in [0.29, 0.717) is 18.1 Å². The predicted octanol–water partition coefficient (Wildman–Crippen LogP) is 4.07. The van der Waals surface area contributed by atoms with Crippen molar-refractivity contribution in [3.05, 3.63) is 54.0 Å². The van der Waals surface area contributed by atoms with Crippen molar-refractivity contribution in [2.45, 2.75) is 57.3 Å². The Balaban J connectivity index is 1.32. The second kappa shape index (κ2) is 7.18. The molecule has 1 aromatic heterocycles. The lowest BCUT2D eigenvalue weighted by Crippen LogP contribution is -2.50. The first-order valence-corrected chi connectivity index (χ1v) is 9.50. The molecule has 2 aromatic rings. The molecule has 2 aliphatic heterocycles. The Morgan fingerprint density at radius 1 is 1.20 bits per heavy atom. The van der Waals surface area contributed by atoms with Gasteiger partial charge in [-0.25, -0.2) is 0 Å². The van der Waals surface area contributed by atoms with Crippen LogP contribution in [0.1, 0.15) is 37.0 Å². The fourth-order valence-electron chi connectivity index (χ4n) is 4.31. The van der Waals surface area contributed by atoms with E-state index in [1.54, 1.807) is 6.26 Å². The van der Waals surface area contributed by atoms with Crippen LogP contribution in [0.3, 0.4) is 0 Å². The Bertz CT molecular complexity index is 716. The maximum atomic E-state index is 5.54. The highest BCUT2D eigenvalue weighted by Crippen LogP contribution is 2.36. The Hall–Kier alpha value is -1.85. The Labute approximate surface area is 154 Å². The van der Waals surface area contributed by atoms with Gasteiger partial charge < -0.3 is 15.1 Å². The highest BCUT2D eigenvalue weighted by Gasteiger charge is 2.41. The number of hydrogen-bond acceptors (Lipinski definition) is 3. The quantitative estimate of drug-likeness (QED) is 0.809. The molecular weight excluding hydrogens is 330 g/mol. The third-order valence-electron chi connectivity index (χ3n) is 5.41. The van der Waals surface area contributed by atoms with Crippen LogP contribution in [0.5, 0.6) is 0 Å². The van der Waals surface area contributed by atoms with Crippen molar-refractivity contribution in [2.75, 3.05) is 5.32 Å². The highest BCUT2D eigenvalue weighted by molar-refractivity contribution is 7.80. The lowest BCUT2D eigenvalue weighted by molar-refractivity contribution is 0.106. The first-order chi connectivity index (χ1) is 12.2. The Morgan fingerprint density at radius 2 is 2.00 bits per heavy atom. The maximum absolute atomic E-state index is 5.54.